The van der Waals surface area contributed by atoms with Gasteiger partial charge in [0, 0.05) is 4.47 Å². The van der Waals surface area contributed by atoms with Crippen molar-refractivity contribution in [2.24, 2.45) is 5.16 Å². The van der Waals surface area contributed by atoms with E-state index in [1.54, 1.807) is 6.21 Å². The second kappa shape index (κ2) is 4.93. The minimum Gasteiger partial charge on any atom is -0.396 e. The van der Waals surface area contributed by atoms with Crippen LogP contribution < -0.4 is 0 Å². The van der Waals surface area contributed by atoms with E-state index in [-0.39, 0.29) is 0 Å². The molecule has 0 aliphatic heterocycles. The third kappa shape index (κ3) is 3.05. The number of rotatable bonds is 3. The van der Waals surface area contributed by atoms with E-state index in [2.05, 4.69) is 21.1 Å². The van der Waals surface area contributed by atoms with Crippen LogP contribution in [0.15, 0.2) is 33.9 Å². The summed E-state index contributed by atoms with van der Waals surface area (Å²) in [5, 5.41) is 3.76. The number of hydrogen-bond acceptors (Lipinski definition) is 2. The standard InChI is InChI=1S/C9H10BrNO/c1-2-12-11-7-8-4-3-5-9(10)6-8/h3-7H,2H2,1H3. The number of halogens is 1. The predicted octanol–water partition coefficient (Wildman–Crippen LogP) is 2.82. The molecule has 0 spiro atoms. The lowest BCUT2D eigenvalue weighted by Crippen LogP contribution is -1.83. The summed E-state index contributed by atoms with van der Waals surface area (Å²) in [5.41, 5.74) is 1.03. The van der Waals surface area contributed by atoms with Crippen LogP contribution in [0.5, 0.6) is 0 Å². The molecule has 0 radical (unpaired) electrons. The summed E-state index contributed by atoms with van der Waals surface area (Å²) in [6.07, 6.45) is 1.69. The summed E-state index contributed by atoms with van der Waals surface area (Å²) < 4.78 is 1.04. The van der Waals surface area contributed by atoms with Crippen molar-refractivity contribution in [1.29, 1.82) is 0 Å². The Kier molecular flexibility index (Phi) is 3.80. The molecule has 0 aliphatic rings. The van der Waals surface area contributed by atoms with Crippen molar-refractivity contribution in [3.8, 4) is 0 Å². The summed E-state index contributed by atoms with van der Waals surface area (Å²) >= 11 is 3.37. The van der Waals surface area contributed by atoms with Gasteiger partial charge in [-0.2, -0.15) is 0 Å². The molecule has 64 valence electrons. The average molecular weight is 228 g/mol. The Morgan fingerprint density at radius 1 is 1.58 bits per heavy atom. The Morgan fingerprint density at radius 3 is 3.08 bits per heavy atom. The zero-order valence-corrected chi connectivity index (χ0v) is 8.41. The van der Waals surface area contributed by atoms with Crippen molar-refractivity contribution in [1.82, 2.24) is 0 Å². The second-order valence-corrected chi connectivity index (χ2v) is 3.12. The van der Waals surface area contributed by atoms with Crippen molar-refractivity contribution < 1.29 is 4.84 Å². The van der Waals surface area contributed by atoms with E-state index in [1.165, 1.54) is 0 Å². The molecule has 0 atom stereocenters. The topological polar surface area (TPSA) is 21.6 Å². The first kappa shape index (κ1) is 9.26. The number of hydrogen-bond donors (Lipinski definition) is 0. The Balaban J connectivity index is 2.63. The zero-order valence-electron chi connectivity index (χ0n) is 6.83. The van der Waals surface area contributed by atoms with Crippen LogP contribution in [0.3, 0.4) is 0 Å². The van der Waals surface area contributed by atoms with Crippen LogP contribution in [0.2, 0.25) is 0 Å². The highest BCUT2D eigenvalue weighted by molar-refractivity contribution is 9.10. The Labute approximate surface area is 80.4 Å². The molecule has 1 aromatic rings. The van der Waals surface area contributed by atoms with Crippen molar-refractivity contribution in [2.75, 3.05) is 6.61 Å². The Bertz CT molecular complexity index is 273. The first-order valence-electron chi connectivity index (χ1n) is 3.74. The van der Waals surface area contributed by atoms with Crippen molar-refractivity contribution in [3.63, 3.8) is 0 Å². The third-order valence-corrected chi connectivity index (χ3v) is 1.75. The van der Waals surface area contributed by atoms with Crippen LogP contribution in [0.1, 0.15) is 12.5 Å². The van der Waals surface area contributed by atoms with E-state index >= 15 is 0 Å². The van der Waals surface area contributed by atoms with Crippen LogP contribution in [-0.4, -0.2) is 12.8 Å². The zero-order chi connectivity index (χ0) is 8.81. The fourth-order valence-electron chi connectivity index (χ4n) is 0.760. The molecule has 0 unspecified atom stereocenters. The van der Waals surface area contributed by atoms with Gasteiger partial charge < -0.3 is 4.84 Å². The summed E-state index contributed by atoms with van der Waals surface area (Å²) in [7, 11) is 0. The molecule has 0 saturated carbocycles. The lowest BCUT2D eigenvalue weighted by atomic mass is 10.2. The van der Waals surface area contributed by atoms with Gasteiger partial charge in [0.15, 0.2) is 0 Å². The van der Waals surface area contributed by atoms with Gasteiger partial charge in [0.05, 0.1) is 6.21 Å². The van der Waals surface area contributed by atoms with E-state index in [0.29, 0.717) is 6.61 Å². The third-order valence-electron chi connectivity index (χ3n) is 1.25. The maximum Gasteiger partial charge on any atom is 0.114 e. The summed E-state index contributed by atoms with van der Waals surface area (Å²) in [6.45, 7) is 2.50. The van der Waals surface area contributed by atoms with Gasteiger partial charge in [0.2, 0.25) is 0 Å². The Hall–Kier alpha value is -0.830. The molecule has 3 heteroatoms. The molecule has 0 amide bonds. The normalized spacial score (nSPS) is 10.5. The van der Waals surface area contributed by atoms with Gasteiger partial charge in [0.25, 0.3) is 0 Å². The molecule has 0 bridgehead atoms. The molecule has 1 rings (SSSR count). The molecular weight excluding hydrogens is 218 g/mol. The fraction of sp³-hybridized carbons (Fsp3) is 0.222. The van der Waals surface area contributed by atoms with Gasteiger partial charge in [0.1, 0.15) is 6.61 Å². The van der Waals surface area contributed by atoms with Crippen molar-refractivity contribution in [2.45, 2.75) is 6.92 Å². The largest absolute Gasteiger partial charge is 0.396 e. The minimum atomic E-state index is 0.602. The maximum absolute atomic E-state index is 4.83. The highest BCUT2D eigenvalue weighted by Crippen LogP contribution is 2.09. The molecule has 0 fully saturated rings. The lowest BCUT2D eigenvalue weighted by Gasteiger charge is -1.93. The van der Waals surface area contributed by atoms with E-state index in [0.717, 1.165) is 10.0 Å². The van der Waals surface area contributed by atoms with Crippen LogP contribution in [0.4, 0.5) is 0 Å². The summed E-state index contributed by atoms with van der Waals surface area (Å²) in [6, 6.07) is 7.87. The number of oxime groups is 1. The van der Waals surface area contributed by atoms with Gasteiger partial charge in [-0.15, -0.1) is 0 Å². The SMILES string of the molecule is CCON=Cc1cccc(Br)c1. The Morgan fingerprint density at radius 2 is 2.42 bits per heavy atom. The van der Waals surface area contributed by atoms with Crippen LogP contribution >= 0.6 is 15.9 Å². The number of benzene rings is 1. The average Bonchev–Trinajstić information content (AvgIpc) is 2.05. The second-order valence-electron chi connectivity index (χ2n) is 2.21. The predicted molar refractivity (Wildman–Crippen MR) is 53.4 cm³/mol. The highest BCUT2D eigenvalue weighted by atomic mass is 79.9. The molecule has 0 N–H and O–H groups in total. The van der Waals surface area contributed by atoms with Gasteiger partial charge in [-0.25, -0.2) is 0 Å². The first-order chi connectivity index (χ1) is 5.83. The van der Waals surface area contributed by atoms with Gasteiger partial charge in [-0.1, -0.05) is 33.2 Å². The molecular formula is C9H10BrNO. The highest BCUT2D eigenvalue weighted by Gasteiger charge is 1.88. The summed E-state index contributed by atoms with van der Waals surface area (Å²) in [5.74, 6) is 0. The molecule has 0 aliphatic carbocycles. The van der Waals surface area contributed by atoms with Crippen LogP contribution in [0.25, 0.3) is 0 Å². The minimum absolute atomic E-state index is 0.602. The monoisotopic (exact) mass is 227 g/mol. The van der Waals surface area contributed by atoms with E-state index < -0.39 is 0 Å². The van der Waals surface area contributed by atoms with Crippen molar-refractivity contribution >= 4 is 22.1 Å². The van der Waals surface area contributed by atoms with Crippen LogP contribution in [0, 0.1) is 0 Å². The van der Waals surface area contributed by atoms with Gasteiger partial charge in [-0.05, 0) is 24.6 Å². The molecule has 12 heavy (non-hydrogen) atoms. The molecule has 1 aromatic carbocycles. The first-order valence-corrected chi connectivity index (χ1v) is 4.53. The van der Waals surface area contributed by atoms with E-state index in [4.69, 9.17) is 4.84 Å². The quantitative estimate of drug-likeness (QED) is 0.575. The van der Waals surface area contributed by atoms with Gasteiger partial charge >= 0.3 is 0 Å². The summed E-state index contributed by atoms with van der Waals surface area (Å²) in [4.78, 5) is 4.83. The van der Waals surface area contributed by atoms with E-state index in [1.807, 2.05) is 31.2 Å². The molecule has 0 saturated heterocycles. The smallest absolute Gasteiger partial charge is 0.114 e. The van der Waals surface area contributed by atoms with Crippen molar-refractivity contribution in [3.05, 3.63) is 34.3 Å². The lowest BCUT2D eigenvalue weighted by molar-refractivity contribution is 0.160. The fourth-order valence-corrected chi connectivity index (χ4v) is 1.18. The maximum atomic E-state index is 4.83. The molecule has 0 aromatic heterocycles. The van der Waals surface area contributed by atoms with Gasteiger partial charge in [-0.3, -0.25) is 0 Å². The molecule has 0 heterocycles. The number of nitrogens with zero attached hydrogens (tertiary/aromatic N) is 1. The van der Waals surface area contributed by atoms with Crippen LogP contribution in [-0.2, 0) is 4.84 Å². The molecule has 2 nitrogen and oxygen atoms in total. The van der Waals surface area contributed by atoms with E-state index in [9.17, 15) is 0 Å².